The first-order valence-electron chi connectivity index (χ1n) is 4.80. The number of hydrogen-bond acceptors (Lipinski definition) is 3. The summed E-state index contributed by atoms with van der Waals surface area (Å²) in [4.78, 5) is 15.4. The second kappa shape index (κ2) is 6.31. The van der Waals surface area contributed by atoms with Crippen molar-refractivity contribution in [2.45, 2.75) is 11.2 Å². The lowest BCUT2D eigenvalue weighted by Gasteiger charge is -2.09. The van der Waals surface area contributed by atoms with E-state index in [2.05, 4.69) is 16.2 Å². The van der Waals surface area contributed by atoms with Crippen LogP contribution in [0.4, 0.5) is 13.2 Å². The molecule has 0 atom stereocenters. The number of thioether (sulfide) groups is 1. The molecule has 0 radical (unpaired) electrons. The number of halogens is 3. The summed E-state index contributed by atoms with van der Waals surface area (Å²) in [6, 6.07) is 2.87. The van der Waals surface area contributed by atoms with Crippen LogP contribution in [0.1, 0.15) is 10.4 Å². The Morgan fingerprint density at radius 1 is 1.56 bits per heavy atom. The van der Waals surface area contributed by atoms with Crippen LogP contribution in [-0.2, 0) is 0 Å². The van der Waals surface area contributed by atoms with Crippen LogP contribution in [0.2, 0.25) is 0 Å². The van der Waals surface area contributed by atoms with Gasteiger partial charge in [0.15, 0.2) is 0 Å². The lowest BCUT2D eigenvalue weighted by Crippen LogP contribution is -2.24. The SMILES string of the molecule is C#CCNC(=O)c1cccnc1SCC(F)(F)F. The van der Waals surface area contributed by atoms with E-state index in [1.165, 1.54) is 18.3 Å². The van der Waals surface area contributed by atoms with Gasteiger partial charge in [-0.25, -0.2) is 4.98 Å². The number of terminal acetylenes is 1. The Labute approximate surface area is 106 Å². The van der Waals surface area contributed by atoms with E-state index in [4.69, 9.17) is 6.42 Å². The van der Waals surface area contributed by atoms with Gasteiger partial charge in [-0.15, -0.1) is 6.42 Å². The van der Waals surface area contributed by atoms with Gasteiger partial charge >= 0.3 is 6.18 Å². The fourth-order valence-electron chi connectivity index (χ4n) is 1.06. The minimum Gasteiger partial charge on any atom is -0.341 e. The molecule has 0 aliphatic rings. The van der Waals surface area contributed by atoms with Gasteiger partial charge < -0.3 is 5.32 Å². The number of pyridine rings is 1. The second-order valence-corrected chi connectivity index (χ2v) is 4.11. The topological polar surface area (TPSA) is 42.0 Å². The Kier molecular flexibility index (Phi) is 5.04. The number of nitrogens with zero attached hydrogens (tertiary/aromatic N) is 1. The highest BCUT2D eigenvalue weighted by molar-refractivity contribution is 7.99. The normalized spacial score (nSPS) is 10.8. The molecule has 7 heteroatoms. The largest absolute Gasteiger partial charge is 0.398 e. The maximum atomic E-state index is 12.1. The van der Waals surface area contributed by atoms with E-state index in [1.54, 1.807) is 0 Å². The number of carbonyl (C=O) groups is 1. The van der Waals surface area contributed by atoms with Crippen LogP contribution in [-0.4, -0.2) is 29.4 Å². The van der Waals surface area contributed by atoms with Crippen molar-refractivity contribution in [3.63, 3.8) is 0 Å². The van der Waals surface area contributed by atoms with Gasteiger partial charge in [-0.2, -0.15) is 13.2 Å². The van der Waals surface area contributed by atoms with Crippen molar-refractivity contribution in [1.82, 2.24) is 10.3 Å². The molecule has 1 amide bonds. The van der Waals surface area contributed by atoms with E-state index in [0.717, 1.165) is 0 Å². The Morgan fingerprint density at radius 2 is 2.28 bits per heavy atom. The van der Waals surface area contributed by atoms with Gasteiger partial charge in [0, 0.05) is 6.20 Å². The highest BCUT2D eigenvalue weighted by Crippen LogP contribution is 2.27. The molecule has 0 fully saturated rings. The minimum absolute atomic E-state index is 0.0110. The number of nitrogens with one attached hydrogen (secondary N) is 1. The van der Waals surface area contributed by atoms with E-state index in [1.807, 2.05) is 0 Å². The fraction of sp³-hybridized carbons (Fsp3) is 0.273. The third-order valence-corrected chi connectivity index (χ3v) is 2.81. The highest BCUT2D eigenvalue weighted by Gasteiger charge is 2.28. The molecule has 0 saturated heterocycles. The predicted octanol–water partition coefficient (Wildman–Crippen LogP) is 2.10. The van der Waals surface area contributed by atoms with Crippen LogP contribution in [0.15, 0.2) is 23.4 Å². The first kappa shape index (κ1) is 14.4. The molecule has 0 aliphatic heterocycles. The van der Waals surface area contributed by atoms with Crippen molar-refractivity contribution in [2.75, 3.05) is 12.3 Å². The molecule has 0 unspecified atom stereocenters. The third kappa shape index (κ3) is 4.67. The summed E-state index contributed by atoms with van der Waals surface area (Å²) in [7, 11) is 0. The van der Waals surface area contributed by atoms with Crippen molar-refractivity contribution < 1.29 is 18.0 Å². The van der Waals surface area contributed by atoms with Crippen molar-refractivity contribution in [1.29, 1.82) is 0 Å². The van der Waals surface area contributed by atoms with E-state index in [9.17, 15) is 18.0 Å². The third-order valence-electron chi connectivity index (χ3n) is 1.74. The van der Waals surface area contributed by atoms with Crippen LogP contribution in [0.5, 0.6) is 0 Å². The Bertz CT molecular complexity index is 468. The molecule has 0 bridgehead atoms. The molecule has 1 aromatic rings. The fourth-order valence-corrected chi connectivity index (χ4v) is 1.81. The standard InChI is InChI=1S/C11H9F3N2OS/c1-2-5-15-9(17)8-4-3-6-16-10(8)18-7-11(12,13)14/h1,3-4,6H,5,7H2,(H,15,17). The van der Waals surface area contributed by atoms with Crippen LogP contribution in [0, 0.1) is 12.3 Å². The molecule has 0 aliphatic carbocycles. The summed E-state index contributed by atoms with van der Waals surface area (Å²) in [5, 5.41) is 2.41. The summed E-state index contributed by atoms with van der Waals surface area (Å²) >= 11 is 0.467. The van der Waals surface area contributed by atoms with Crippen molar-refractivity contribution in [3.05, 3.63) is 23.9 Å². The molecule has 1 rings (SSSR count). The van der Waals surface area contributed by atoms with E-state index in [-0.39, 0.29) is 17.1 Å². The summed E-state index contributed by atoms with van der Waals surface area (Å²) in [5.41, 5.74) is 0.0852. The molecule has 3 nitrogen and oxygen atoms in total. The van der Waals surface area contributed by atoms with Crippen molar-refractivity contribution in [3.8, 4) is 12.3 Å². The van der Waals surface area contributed by atoms with Crippen LogP contribution in [0.3, 0.4) is 0 Å². The number of amides is 1. The molecule has 0 spiro atoms. The number of hydrogen-bond donors (Lipinski definition) is 1. The Hall–Kier alpha value is -1.68. The lowest BCUT2D eigenvalue weighted by atomic mass is 10.2. The lowest BCUT2D eigenvalue weighted by molar-refractivity contribution is -0.105. The molecular formula is C11H9F3N2OS. The number of carbonyl (C=O) groups excluding carboxylic acids is 1. The Morgan fingerprint density at radius 3 is 2.89 bits per heavy atom. The minimum atomic E-state index is -4.31. The van der Waals surface area contributed by atoms with E-state index in [0.29, 0.717) is 11.8 Å². The van der Waals surface area contributed by atoms with Crippen molar-refractivity contribution in [2.24, 2.45) is 0 Å². The molecule has 1 N–H and O–H groups in total. The van der Waals surface area contributed by atoms with Gasteiger partial charge in [0.2, 0.25) is 0 Å². The van der Waals surface area contributed by atoms with Crippen LogP contribution in [0.25, 0.3) is 0 Å². The maximum absolute atomic E-state index is 12.1. The summed E-state index contributed by atoms with van der Waals surface area (Å²) in [6.07, 6.45) is 1.99. The summed E-state index contributed by atoms with van der Waals surface area (Å²) in [5.74, 6) is 0.571. The molecule has 0 aromatic carbocycles. The van der Waals surface area contributed by atoms with Crippen LogP contribution < -0.4 is 5.32 Å². The monoisotopic (exact) mass is 274 g/mol. The average molecular weight is 274 g/mol. The number of rotatable bonds is 4. The van der Waals surface area contributed by atoms with E-state index >= 15 is 0 Å². The molecule has 1 heterocycles. The average Bonchev–Trinajstić information content (AvgIpc) is 2.33. The molecular weight excluding hydrogens is 265 g/mol. The summed E-state index contributed by atoms with van der Waals surface area (Å²) in [6.45, 7) is 0.0110. The molecule has 18 heavy (non-hydrogen) atoms. The van der Waals surface area contributed by atoms with Gasteiger partial charge in [-0.05, 0) is 12.1 Å². The zero-order valence-corrected chi connectivity index (χ0v) is 9.94. The molecule has 0 saturated carbocycles. The zero-order valence-electron chi connectivity index (χ0n) is 9.12. The smallest absolute Gasteiger partial charge is 0.341 e. The maximum Gasteiger partial charge on any atom is 0.398 e. The van der Waals surface area contributed by atoms with Gasteiger partial charge in [0.05, 0.1) is 17.9 Å². The van der Waals surface area contributed by atoms with E-state index < -0.39 is 17.8 Å². The highest BCUT2D eigenvalue weighted by atomic mass is 32.2. The first-order valence-corrected chi connectivity index (χ1v) is 5.79. The number of alkyl halides is 3. The molecule has 1 aromatic heterocycles. The van der Waals surface area contributed by atoms with Crippen molar-refractivity contribution >= 4 is 17.7 Å². The van der Waals surface area contributed by atoms with Gasteiger partial charge in [0.1, 0.15) is 5.03 Å². The predicted molar refractivity (Wildman–Crippen MR) is 62.2 cm³/mol. The zero-order chi connectivity index (χ0) is 13.6. The van der Waals surface area contributed by atoms with Gasteiger partial charge in [0.25, 0.3) is 5.91 Å². The molecule has 96 valence electrons. The Balaban J connectivity index is 2.80. The first-order chi connectivity index (χ1) is 8.44. The second-order valence-electron chi connectivity index (χ2n) is 3.15. The number of aromatic nitrogens is 1. The van der Waals surface area contributed by atoms with Gasteiger partial charge in [-0.3, -0.25) is 4.79 Å². The van der Waals surface area contributed by atoms with Crippen LogP contribution >= 0.6 is 11.8 Å². The quantitative estimate of drug-likeness (QED) is 0.675. The van der Waals surface area contributed by atoms with Gasteiger partial charge in [-0.1, -0.05) is 17.7 Å². The summed E-state index contributed by atoms with van der Waals surface area (Å²) < 4.78 is 36.3.